The lowest BCUT2D eigenvalue weighted by Gasteiger charge is -1.99. The highest BCUT2D eigenvalue weighted by Crippen LogP contribution is 2.34. The van der Waals surface area contributed by atoms with E-state index in [2.05, 4.69) is 6.92 Å². The number of hydrogen-bond donors (Lipinski definition) is 1. The number of hydrogen-bond acceptors (Lipinski definition) is 2. The van der Waals surface area contributed by atoms with E-state index in [-0.39, 0.29) is 6.61 Å². The third kappa shape index (κ3) is 1.35. The van der Waals surface area contributed by atoms with Crippen LogP contribution >= 0.6 is 22.9 Å². The molecule has 68 valence electrons. The van der Waals surface area contributed by atoms with Crippen molar-refractivity contribution in [2.75, 3.05) is 0 Å². The number of aliphatic hydroxyl groups is 1. The Morgan fingerprint density at radius 3 is 2.92 bits per heavy atom. The van der Waals surface area contributed by atoms with Crippen molar-refractivity contribution in [1.29, 1.82) is 0 Å². The Balaban J connectivity index is 2.87. The Morgan fingerprint density at radius 1 is 1.46 bits per heavy atom. The molecule has 1 aromatic carbocycles. The molecule has 0 saturated carbocycles. The molecular weight excluding hydrogens is 204 g/mol. The molecule has 0 bridgehead atoms. The average molecular weight is 213 g/mol. The standard InChI is InChI=1S/C10H9ClOS/c1-6-2-3-8(11)9-7(4-12)5-13-10(6)9/h2-3,5,12H,4H2,1H3. The van der Waals surface area contributed by atoms with E-state index < -0.39 is 0 Å². The van der Waals surface area contributed by atoms with Crippen LogP contribution in [0.25, 0.3) is 10.1 Å². The van der Waals surface area contributed by atoms with Crippen molar-refractivity contribution in [3.8, 4) is 0 Å². The molecular formula is C10H9ClOS. The summed E-state index contributed by atoms with van der Waals surface area (Å²) in [5, 5.41) is 12.8. The van der Waals surface area contributed by atoms with Crippen molar-refractivity contribution >= 4 is 33.0 Å². The molecule has 2 aromatic rings. The summed E-state index contributed by atoms with van der Waals surface area (Å²) >= 11 is 7.68. The maximum absolute atomic E-state index is 9.09. The van der Waals surface area contributed by atoms with Crippen LogP contribution in [0.1, 0.15) is 11.1 Å². The van der Waals surface area contributed by atoms with E-state index in [9.17, 15) is 0 Å². The van der Waals surface area contributed by atoms with Gasteiger partial charge in [0.25, 0.3) is 0 Å². The van der Waals surface area contributed by atoms with E-state index in [1.807, 2.05) is 17.5 Å². The summed E-state index contributed by atoms with van der Waals surface area (Å²) in [6.45, 7) is 2.11. The monoisotopic (exact) mass is 212 g/mol. The Labute approximate surface area is 85.6 Å². The fourth-order valence-corrected chi connectivity index (χ4v) is 2.82. The van der Waals surface area contributed by atoms with E-state index >= 15 is 0 Å². The van der Waals surface area contributed by atoms with Gasteiger partial charge in [0.05, 0.1) is 6.61 Å². The van der Waals surface area contributed by atoms with E-state index in [0.29, 0.717) is 0 Å². The minimum Gasteiger partial charge on any atom is -0.392 e. The van der Waals surface area contributed by atoms with Crippen LogP contribution in [-0.4, -0.2) is 5.11 Å². The normalized spacial score (nSPS) is 11.0. The van der Waals surface area contributed by atoms with E-state index in [4.69, 9.17) is 16.7 Å². The highest BCUT2D eigenvalue weighted by atomic mass is 35.5. The van der Waals surface area contributed by atoms with Crippen LogP contribution in [0.3, 0.4) is 0 Å². The lowest BCUT2D eigenvalue weighted by molar-refractivity contribution is 0.284. The van der Waals surface area contributed by atoms with Gasteiger partial charge in [0.2, 0.25) is 0 Å². The lowest BCUT2D eigenvalue weighted by atomic mass is 10.1. The molecule has 3 heteroatoms. The van der Waals surface area contributed by atoms with E-state index in [0.717, 1.165) is 16.0 Å². The van der Waals surface area contributed by atoms with E-state index in [1.54, 1.807) is 11.3 Å². The first-order chi connectivity index (χ1) is 6.24. The summed E-state index contributed by atoms with van der Waals surface area (Å²) in [5.41, 5.74) is 2.14. The molecule has 13 heavy (non-hydrogen) atoms. The summed E-state index contributed by atoms with van der Waals surface area (Å²) in [7, 11) is 0. The van der Waals surface area contributed by atoms with Crippen molar-refractivity contribution in [2.24, 2.45) is 0 Å². The fraction of sp³-hybridized carbons (Fsp3) is 0.200. The summed E-state index contributed by atoms with van der Waals surface area (Å²) in [6, 6.07) is 3.88. The Hall–Kier alpha value is -0.570. The summed E-state index contributed by atoms with van der Waals surface area (Å²) in [5.74, 6) is 0. The van der Waals surface area contributed by atoms with Crippen LogP contribution in [0.4, 0.5) is 0 Å². The highest BCUT2D eigenvalue weighted by Gasteiger charge is 2.08. The number of aliphatic hydroxyl groups excluding tert-OH is 1. The molecule has 0 aliphatic carbocycles. The molecule has 1 N–H and O–H groups in total. The van der Waals surface area contributed by atoms with Crippen LogP contribution < -0.4 is 0 Å². The second-order valence-electron chi connectivity index (χ2n) is 2.99. The number of halogens is 1. The van der Waals surface area contributed by atoms with Gasteiger partial charge < -0.3 is 5.11 Å². The van der Waals surface area contributed by atoms with Gasteiger partial charge in [0.1, 0.15) is 0 Å². The number of benzene rings is 1. The fourth-order valence-electron chi connectivity index (χ4n) is 1.42. The van der Waals surface area contributed by atoms with Crippen LogP contribution in [0.2, 0.25) is 5.02 Å². The largest absolute Gasteiger partial charge is 0.392 e. The first-order valence-electron chi connectivity index (χ1n) is 4.00. The van der Waals surface area contributed by atoms with Crippen LogP contribution in [0, 0.1) is 6.92 Å². The van der Waals surface area contributed by atoms with Crippen molar-refractivity contribution < 1.29 is 5.11 Å². The third-order valence-corrected chi connectivity index (χ3v) is 3.59. The minimum atomic E-state index is 0.0587. The van der Waals surface area contributed by atoms with Gasteiger partial charge in [-0.3, -0.25) is 0 Å². The molecule has 1 heterocycles. The zero-order chi connectivity index (χ0) is 9.42. The predicted octanol–water partition coefficient (Wildman–Crippen LogP) is 3.36. The maximum atomic E-state index is 9.09. The molecule has 0 spiro atoms. The molecule has 0 fully saturated rings. The molecule has 0 aliphatic heterocycles. The van der Waals surface area contributed by atoms with Gasteiger partial charge in [0.15, 0.2) is 0 Å². The molecule has 0 saturated heterocycles. The quantitative estimate of drug-likeness (QED) is 0.769. The lowest BCUT2D eigenvalue weighted by Crippen LogP contribution is -1.81. The number of thiophene rings is 1. The molecule has 0 amide bonds. The number of aryl methyl sites for hydroxylation is 1. The van der Waals surface area contributed by atoms with Gasteiger partial charge in [-0.1, -0.05) is 17.7 Å². The van der Waals surface area contributed by atoms with Gasteiger partial charge in [-0.15, -0.1) is 11.3 Å². The predicted molar refractivity (Wildman–Crippen MR) is 57.5 cm³/mol. The molecule has 0 unspecified atom stereocenters. The Kier molecular flexibility index (Phi) is 2.28. The van der Waals surface area contributed by atoms with Crippen molar-refractivity contribution in [3.05, 3.63) is 33.7 Å². The SMILES string of the molecule is Cc1ccc(Cl)c2c(CO)csc12. The molecule has 0 aliphatic rings. The number of fused-ring (bicyclic) bond motifs is 1. The van der Waals surface area contributed by atoms with Crippen molar-refractivity contribution in [1.82, 2.24) is 0 Å². The molecule has 1 aromatic heterocycles. The maximum Gasteiger partial charge on any atom is 0.0696 e. The van der Waals surface area contributed by atoms with Gasteiger partial charge in [0, 0.05) is 15.1 Å². The first-order valence-corrected chi connectivity index (χ1v) is 5.26. The zero-order valence-electron chi connectivity index (χ0n) is 7.17. The second kappa shape index (κ2) is 3.29. The van der Waals surface area contributed by atoms with Crippen molar-refractivity contribution in [3.63, 3.8) is 0 Å². The van der Waals surface area contributed by atoms with Gasteiger partial charge in [-0.05, 0) is 29.5 Å². The molecule has 2 rings (SSSR count). The smallest absolute Gasteiger partial charge is 0.0696 e. The summed E-state index contributed by atoms with van der Waals surface area (Å²) in [4.78, 5) is 0. The zero-order valence-corrected chi connectivity index (χ0v) is 8.75. The summed E-state index contributed by atoms with van der Waals surface area (Å²) < 4.78 is 1.18. The third-order valence-electron chi connectivity index (χ3n) is 2.11. The average Bonchev–Trinajstić information content (AvgIpc) is 2.56. The van der Waals surface area contributed by atoms with Gasteiger partial charge >= 0.3 is 0 Å². The second-order valence-corrected chi connectivity index (χ2v) is 4.27. The summed E-state index contributed by atoms with van der Waals surface area (Å²) in [6.07, 6.45) is 0. The molecule has 0 atom stereocenters. The first kappa shape index (κ1) is 9.00. The van der Waals surface area contributed by atoms with Gasteiger partial charge in [-0.2, -0.15) is 0 Å². The van der Waals surface area contributed by atoms with Crippen LogP contribution in [0.15, 0.2) is 17.5 Å². The van der Waals surface area contributed by atoms with Gasteiger partial charge in [-0.25, -0.2) is 0 Å². The highest BCUT2D eigenvalue weighted by molar-refractivity contribution is 7.17. The van der Waals surface area contributed by atoms with Crippen LogP contribution in [-0.2, 0) is 6.61 Å². The minimum absolute atomic E-state index is 0.0587. The number of rotatable bonds is 1. The Morgan fingerprint density at radius 2 is 2.23 bits per heavy atom. The van der Waals surface area contributed by atoms with E-state index in [1.165, 1.54) is 10.3 Å². The topological polar surface area (TPSA) is 20.2 Å². The van der Waals surface area contributed by atoms with Crippen molar-refractivity contribution in [2.45, 2.75) is 13.5 Å². The molecule has 1 nitrogen and oxygen atoms in total. The Bertz CT molecular complexity index is 447. The van der Waals surface area contributed by atoms with Crippen LogP contribution in [0.5, 0.6) is 0 Å². The molecule has 0 radical (unpaired) electrons.